The number of fused-ring (bicyclic) bond motifs is 5. The number of hydrogen-bond acceptors (Lipinski definition) is 4. The van der Waals surface area contributed by atoms with E-state index >= 15 is 0 Å². The summed E-state index contributed by atoms with van der Waals surface area (Å²) in [5.41, 5.74) is 0.708. The molecule has 0 aromatic rings. The molecular weight excluding hydrogens is 617 g/mol. The van der Waals surface area contributed by atoms with Crippen LogP contribution in [0.2, 0.25) is 0 Å². The Bertz CT molecular complexity index is 1090. The fraction of sp³-hybridized carbons (Fsp3) is 0.935. The van der Waals surface area contributed by atoms with Crippen LogP contribution in [-0.4, -0.2) is 34.0 Å². The second-order valence-electron chi connectivity index (χ2n) is 19.9. The lowest BCUT2D eigenvalue weighted by molar-refractivity contribution is -0.230. The molecule has 10 atom stereocenters. The van der Waals surface area contributed by atoms with Crippen molar-refractivity contribution in [2.75, 3.05) is 0 Å². The van der Waals surface area contributed by atoms with E-state index in [9.17, 15) is 15.0 Å². The summed E-state index contributed by atoms with van der Waals surface area (Å²) in [6.07, 6.45) is 27.7. The monoisotopic (exact) mass is 699 g/mol. The van der Waals surface area contributed by atoms with Crippen LogP contribution in [0.3, 0.4) is 0 Å². The normalized spacial score (nSPS) is 36.5. The third-order valence-electron chi connectivity index (χ3n) is 16.4. The Balaban J connectivity index is 1.26. The molecule has 4 rings (SSSR count). The van der Waals surface area contributed by atoms with E-state index in [0.29, 0.717) is 37.0 Å². The van der Waals surface area contributed by atoms with Crippen LogP contribution >= 0.6 is 0 Å². The van der Waals surface area contributed by atoms with Gasteiger partial charge in [0, 0.05) is 11.8 Å². The van der Waals surface area contributed by atoms with Gasteiger partial charge < -0.3 is 14.9 Å². The summed E-state index contributed by atoms with van der Waals surface area (Å²) in [5, 5.41) is 22.3. The lowest BCUT2D eigenvalue weighted by atomic mass is 9.35. The first kappa shape index (κ1) is 41.9. The minimum atomic E-state index is -0.764. The standard InChI is InChI=1S/C46H82O4/c1-10-11-12-13-14-15-16-17-18-19-20-21-22-23-41(48)50-40-29-30-43(6)38(42(40,4)5)28-32-45(8)39(43)25-24-35-36(26-31-44(35,45)7)46(9,49)33-27-37(47)34(2)3/h35-40,47,49H,2,10-33H2,1,3-9H3/t35-,36+,37-,38+,39-,40+,43+,44-,45-,46+/m1/s1. The molecular formula is C46H82O4. The van der Waals surface area contributed by atoms with Gasteiger partial charge in [0.1, 0.15) is 6.10 Å². The van der Waals surface area contributed by atoms with Crippen molar-refractivity contribution >= 4 is 5.97 Å². The lowest BCUT2D eigenvalue weighted by Crippen LogP contribution is -2.64. The van der Waals surface area contributed by atoms with Crippen molar-refractivity contribution in [3.8, 4) is 0 Å². The number of aliphatic hydroxyl groups excluding tert-OH is 1. The molecule has 4 fully saturated rings. The van der Waals surface area contributed by atoms with E-state index in [2.05, 4.69) is 48.1 Å². The lowest BCUT2D eigenvalue weighted by Gasteiger charge is -2.70. The summed E-state index contributed by atoms with van der Waals surface area (Å²) >= 11 is 0. The van der Waals surface area contributed by atoms with Gasteiger partial charge in [-0.2, -0.15) is 0 Å². The van der Waals surface area contributed by atoms with Crippen LogP contribution in [0.1, 0.15) is 209 Å². The number of hydrogen-bond donors (Lipinski definition) is 2. The summed E-state index contributed by atoms with van der Waals surface area (Å²) in [7, 11) is 0. The Labute approximate surface area is 309 Å². The van der Waals surface area contributed by atoms with Crippen molar-refractivity contribution in [2.45, 2.75) is 227 Å². The zero-order valence-corrected chi connectivity index (χ0v) is 34.4. The highest BCUT2D eigenvalue weighted by Crippen LogP contribution is 2.76. The molecule has 4 saturated carbocycles. The predicted octanol–water partition coefficient (Wildman–Crippen LogP) is 12.5. The molecule has 2 N–H and O–H groups in total. The quantitative estimate of drug-likeness (QED) is 0.0754. The average molecular weight is 699 g/mol. The SMILES string of the molecule is C=C(C)[C@H](O)CC[C@](C)(O)[C@H]1CC[C@]2(C)[C@@H]1CC[C@@H]1[C@@]3(C)CC[C@H](OC(=O)CCCCCCCCCCCCCCC)C(C)(C)[C@@H]3CC[C@]12C. The first-order chi connectivity index (χ1) is 23.5. The summed E-state index contributed by atoms with van der Waals surface area (Å²) in [5.74, 6) is 2.06. The maximum atomic E-state index is 13.2. The zero-order chi connectivity index (χ0) is 36.8. The van der Waals surface area contributed by atoms with Crippen molar-refractivity contribution < 1.29 is 19.7 Å². The number of rotatable bonds is 20. The molecule has 4 aliphatic rings. The largest absolute Gasteiger partial charge is 0.462 e. The number of esters is 1. The van der Waals surface area contributed by atoms with Crippen molar-refractivity contribution in [1.29, 1.82) is 0 Å². The van der Waals surface area contributed by atoms with Gasteiger partial charge in [-0.15, -0.1) is 0 Å². The molecule has 0 radical (unpaired) electrons. The van der Waals surface area contributed by atoms with Gasteiger partial charge in [0.2, 0.25) is 0 Å². The molecule has 0 bridgehead atoms. The fourth-order valence-corrected chi connectivity index (χ4v) is 13.0. The molecule has 0 aliphatic heterocycles. The van der Waals surface area contributed by atoms with E-state index in [1.807, 2.05) is 13.8 Å². The maximum absolute atomic E-state index is 13.2. The predicted molar refractivity (Wildman–Crippen MR) is 210 cm³/mol. The Morgan fingerprint density at radius 3 is 1.92 bits per heavy atom. The minimum absolute atomic E-state index is 0.0202. The Hall–Kier alpha value is -0.870. The van der Waals surface area contributed by atoms with Crippen LogP contribution in [0.15, 0.2) is 12.2 Å². The number of ether oxygens (including phenoxy) is 1. The fourth-order valence-electron chi connectivity index (χ4n) is 13.0. The number of carbonyl (C=O) groups is 1. The highest BCUT2D eigenvalue weighted by molar-refractivity contribution is 5.69. The van der Waals surface area contributed by atoms with E-state index in [1.165, 1.54) is 103 Å². The summed E-state index contributed by atoms with van der Waals surface area (Å²) < 4.78 is 6.37. The molecule has 0 unspecified atom stereocenters. The third kappa shape index (κ3) is 8.90. The van der Waals surface area contributed by atoms with Crippen LogP contribution in [0.4, 0.5) is 0 Å². The molecule has 4 aliphatic carbocycles. The van der Waals surface area contributed by atoms with Gasteiger partial charge in [0.15, 0.2) is 0 Å². The molecule has 50 heavy (non-hydrogen) atoms. The van der Waals surface area contributed by atoms with Crippen molar-refractivity contribution in [3.63, 3.8) is 0 Å². The Morgan fingerprint density at radius 2 is 1.34 bits per heavy atom. The van der Waals surface area contributed by atoms with Crippen LogP contribution in [0, 0.1) is 45.3 Å². The smallest absolute Gasteiger partial charge is 0.306 e. The van der Waals surface area contributed by atoms with Gasteiger partial charge in [0.25, 0.3) is 0 Å². The number of aliphatic hydroxyl groups is 2. The van der Waals surface area contributed by atoms with E-state index in [0.717, 1.165) is 37.7 Å². The van der Waals surface area contributed by atoms with E-state index in [1.54, 1.807) is 0 Å². The van der Waals surface area contributed by atoms with Crippen molar-refractivity contribution in [3.05, 3.63) is 12.2 Å². The van der Waals surface area contributed by atoms with Crippen LogP contribution in [0.5, 0.6) is 0 Å². The number of unbranched alkanes of at least 4 members (excludes halogenated alkanes) is 12. The minimum Gasteiger partial charge on any atom is -0.462 e. The third-order valence-corrected chi connectivity index (χ3v) is 16.4. The van der Waals surface area contributed by atoms with Gasteiger partial charge >= 0.3 is 5.97 Å². The summed E-state index contributed by atoms with van der Waals surface area (Å²) in [6, 6.07) is 0. The first-order valence-electron chi connectivity index (χ1n) is 21.8. The van der Waals surface area contributed by atoms with Gasteiger partial charge in [-0.05, 0) is 124 Å². The first-order valence-corrected chi connectivity index (χ1v) is 21.8. The van der Waals surface area contributed by atoms with Crippen molar-refractivity contribution in [2.24, 2.45) is 45.3 Å². The van der Waals surface area contributed by atoms with Crippen molar-refractivity contribution in [1.82, 2.24) is 0 Å². The van der Waals surface area contributed by atoms with Gasteiger partial charge in [-0.1, -0.05) is 131 Å². The number of carbonyl (C=O) groups excluding carboxylic acids is 1. The Kier molecular flexibility index (Phi) is 14.7. The molecule has 0 aromatic heterocycles. The molecule has 0 aromatic carbocycles. The second-order valence-corrected chi connectivity index (χ2v) is 19.9. The van der Waals surface area contributed by atoms with Gasteiger partial charge in [-0.3, -0.25) is 4.79 Å². The van der Waals surface area contributed by atoms with Gasteiger partial charge in [0.05, 0.1) is 11.7 Å². The highest BCUT2D eigenvalue weighted by Gasteiger charge is 2.69. The zero-order valence-electron chi connectivity index (χ0n) is 34.4. The van der Waals surface area contributed by atoms with E-state index in [-0.39, 0.29) is 39.7 Å². The molecule has 0 heterocycles. The molecule has 0 amide bonds. The summed E-state index contributed by atoms with van der Waals surface area (Å²) in [6.45, 7) is 22.8. The van der Waals surface area contributed by atoms with E-state index in [4.69, 9.17) is 4.74 Å². The summed E-state index contributed by atoms with van der Waals surface area (Å²) in [4.78, 5) is 13.2. The second kappa shape index (κ2) is 17.5. The Morgan fingerprint density at radius 1 is 0.780 bits per heavy atom. The average Bonchev–Trinajstić information content (AvgIpc) is 3.42. The van der Waals surface area contributed by atoms with Crippen LogP contribution in [0.25, 0.3) is 0 Å². The molecule has 0 spiro atoms. The van der Waals surface area contributed by atoms with Crippen LogP contribution < -0.4 is 0 Å². The maximum Gasteiger partial charge on any atom is 0.306 e. The molecule has 4 nitrogen and oxygen atoms in total. The van der Waals surface area contributed by atoms with Crippen LogP contribution in [-0.2, 0) is 9.53 Å². The van der Waals surface area contributed by atoms with Gasteiger partial charge in [-0.25, -0.2) is 0 Å². The molecule has 4 heteroatoms. The molecule has 0 saturated heterocycles. The molecule has 290 valence electrons. The topological polar surface area (TPSA) is 66.8 Å². The van der Waals surface area contributed by atoms with E-state index < -0.39 is 11.7 Å². The highest BCUT2D eigenvalue weighted by atomic mass is 16.5.